The molecule has 0 saturated carbocycles. The van der Waals surface area contributed by atoms with Crippen LogP contribution < -0.4 is 26.0 Å². The van der Waals surface area contributed by atoms with Crippen molar-refractivity contribution >= 4 is 58.0 Å². The molecule has 0 saturated heterocycles. The molecule has 4 amide bonds. The van der Waals surface area contributed by atoms with E-state index in [0.29, 0.717) is 5.56 Å². The first kappa shape index (κ1) is 63.3. The molecule has 0 radical (unpaired) electrons. The van der Waals surface area contributed by atoms with Crippen LogP contribution in [0.4, 0.5) is 14.4 Å². The minimum atomic E-state index is -1.17. The van der Waals surface area contributed by atoms with Crippen LogP contribution in [-0.4, -0.2) is 116 Å². The summed E-state index contributed by atoms with van der Waals surface area (Å²) in [6.45, 7) is 18.9. The van der Waals surface area contributed by atoms with Gasteiger partial charge in [-0.25, -0.2) is 14.4 Å². The Hall–Kier alpha value is -7.51. The van der Waals surface area contributed by atoms with E-state index < -0.39 is 78.4 Å². The van der Waals surface area contributed by atoms with Crippen LogP contribution in [0.3, 0.4) is 0 Å². The van der Waals surface area contributed by atoms with Crippen molar-refractivity contribution in [2.75, 3.05) is 39.5 Å². The first-order valence-corrected chi connectivity index (χ1v) is 27.6. The van der Waals surface area contributed by atoms with Gasteiger partial charge in [0.1, 0.15) is 62.4 Å². The van der Waals surface area contributed by atoms with Gasteiger partial charge in [-0.05, 0) is 104 Å². The lowest BCUT2D eigenvalue weighted by molar-refractivity contribution is -0.159. The summed E-state index contributed by atoms with van der Waals surface area (Å²) in [6.07, 6.45) is 0.765. The van der Waals surface area contributed by atoms with Crippen molar-refractivity contribution in [1.29, 1.82) is 0 Å². The molecule has 0 aromatic heterocycles. The van der Waals surface area contributed by atoms with Crippen molar-refractivity contribution in [3.05, 3.63) is 149 Å². The van der Waals surface area contributed by atoms with E-state index in [1.165, 1.54) is 17.1 Å². The number of benzene rings is 4. The lowest BCUT2D eigenvalue weighted by Gasteiger charge is -2.32. The molecular formula is C61H76BrN5O13. The Labute approximate surface area is 477 Å². The van der Waals surface area contributed by atoms with Gasteiger partial charge in [0.2, 0.25) is 11.8 Å². The Morgan fingerprint density at radius 3 is 1.91 bits per heavy atom. The van der Waals surface area contributed by atoms with E-state index >= 15 is 0 Å². The SMILES string of the molecule is C=CCOC(=O)N[C@@H](CC(C)C)C(=O)N[C@@H](CC(C)C)C(=O)N(CCC(CNC(=O)OCC1c2ccccc2-c2ccccc21)N[C@@H](Cc1ccc(OC(=O)OCc2ccccc2Br)cc1)C(=O)OCC=C)CC(=O)OC(C)(C)C. The molecular weight excluding hydrogens is 1090 g/mol. The zero-order chi connectivity index (χ0) is 58.4. The van der Waals surface area contributed by atoms with E-state index in [-0.39, 0.29) is 88.7 Å². The molecule has 4 atom stereocenters. The maximum atomic E-state index is 14.9. The van der Waals surface area contributed by atoms with Gasteiger partial charge in [0.05, 0.1) is 0 Å². The fourth-order valence-electron chi connectivity index (χ4n) is 8.96. The van der Waals surface area contributed by atoms with Crippen LogP contribution in [0.1, 0.15) is 95.9 Å². The molecule has 0 fully saturated rings. The number of ether oxygens (including phenoxy) is 6. The molecule has 4 N–H and O–H groups in total. The van der Waals surface area contributed by atoms with Gasteiger partial charge >= 0.3 is 30.3 Å². The number of nitrogens with zero attached hydrogens (tertiary/aromatic N) is 1. The molecule has 1 aliphatic carbocycles. The molecule has 5 rings (SSSR count). The van der Waals surface area contributed by atoms with Crippen molar-refractivity contribution in [2.24, 2.45) is 11.8 Å². The minimum Gasteiger partial charge on any atom is -0.460 e. The minimum absolute atomic E-state index is 0.0207. The number of nitrogens with one attached hydrogen (secondary N) is 4. The number of hydrogen-bond donors (Lipinski definition) is 4. The number of halogens is 1. The highest BCUT2D eigenvalue weighted by molar-refractivity contribution is 9.10. The first-order valence-electron chi connectivity index (χ1n) is 26.8. The summed E-state index contributed by atoms with van der Waals surface area (Å²) in [5.41, 5.74) is 4.63. The highest BCUT2D eigenvalue weighted by Crippen LogP contribution is 2.44. The standard InChI is InChI=1S/C61H76BrN5O13/c1-10-30-75-57(71)53(34-41-24-26-44(27-25-41)79-60(74)78-37-42-18-12-17-23-50(42)62)64-43(35-63-58(72)77-38-49-47-21-15-13-19-45(47)46-20-14-16-22-48(46)49)28-29-67(36-54(68)80-61(7,8)9)56(70)52(33-40(5)6)65-55(69)51(32-39(3)4)66-59(73)76-31-11-2/h10-27,39-40,43,49,51-53,64H,1-2,28-38H2,3-9H3,(H,63,72)(H,65,69)(H,66,73)/t43?,51-,52-,53-/m0/s1. The summed E-state index contributed by atoms with van der Waals surface area (Å²) < 4.78 is 33.8. The molecule has 0 heterocycles. The first-order chi connectivity index (χ1) is 38.1. The number of carbonyl (C=O) groups excluding carboxylic acids is 7. The summed E-state index contributed by atoms with van der Waals surface area (Å²) in [5.74, 6) is -2.83. The van der Waals surface area contributed by atoms with Gasteiger partial charge < -0.3 is 49.3 Å². The smallest absolute Gasteiger partial charge is 0.460 e. The second-order valence-corrected chi connectivity index (χ2v) is 22.0. The molecule has 4 aromatic carbocycles. The Morgan fingerprint density at radius 1 is 0.700 bits per heavy atom. The van der Waals surface area contributed by atoms with Crippen molar-refractivity contribution in [1.82, 2.24) is 26.2 Å². The van der Waals surface area contributed by atoms with E-state index in [2.05, 4.69) is 50.4 Å². The molecule has 18 nitrogen and oxygen atoms in total. The Kier molecular flexibility index (Phi) is 24.8. The maximum absolute atomic E-state index is 14.9. The van der Waals surface area contributed by atoms with E-state index in [4.69, 9.17) is 28.4 Å². The number of fused-ring (bicyclic) bond motifs is 3. The number of esters is 2. The zero-order valence-electron chi connectivity index (χ0n) is 46.8. The monoisotopic (exact) mass is 1170 g/mol. The molecule has 1 aliphatic rings. The highest BCUT2D eigenvalue weighted by Gasteiger charge is 2.34. The van der Waals surface area contributed by atoms with Gasteiger partial charge in [0, 0.05) is 35.1 Å². The van der Waals surface area contributed by atoms with Gasteiger partial charge in [-0.15, -0.1) is 0 Å². The lowest BCUT2D eigenvalue weighted by Crippen LogP contribution is -2.56. The van der Waals surface area contributed by atoms with Crippen molar-refractivity contribution in [3.8, 4) is 16.9 Å². The summed E-state index contributed by atoms with van der Waals surface area (Å²) in [7, 11) is 0. The molecule has 80 heavy (non-hydrogen) atoms. The van der Waals surface area contributed by atoms with Crippen LogP contribution in [0.15, 0.2) is 127 Å². The summed E-state index contributed by atoms with van der Waals surface area (Å²) in [6, 6.07) is 25.5. The van der Waals surface area contributed by atoms with E-state index in [1.54, 1.807) is 45.0 Å². The van der Waals surface area contributed by atoms with Crippen LogP contribution in [-0.2, 0) is 55.9 Å². The third-order valence-electron chi connectivity index (χ3n) is 12.5. The van der Waals surface area contributed by atoms with Gasteiger partial charge in [-0.3, -0.25) is 24.5 Å². The average molecular weight is 1170 g/mol. The van der Waals surface area contributed by atoms with Crippen LogP contribution in [0, 0.1) is 11.8 Å². The Balaban J connectivity index is 1.42. The number of amides is 4. The van der Waals surface area contributed by atoms with Crippen molar-refractivity contribution in [2.45, 2.75) is 116 Å². The van der Waals surface area contributed by atoms with Crippen LogP contribution in [0.25, 0.3) is 11.1 Å². The van der Waals surface area contributed by atoms with Gasteiger partial charge in [0.15, 0.2) is 0 Å². The second kappa shape index (κ2) is 31.3. The highest BCUT2D eigenvalue weighted by atomic mass is 79.9. The number of carbonyl (C=O) groups is 7. The van der Waals surface area contributed by atoms with E-state index in [1.807, 2.05) is 100 Å². The van der Waals surface area contributed by atoms with Gasteiger partial charge in [0.25, 0.3) is 0 Å². The van der Waals surface area contributed by atoms with Crippen LogP contribution >= 0.6 is 15.9 Å². The van der Waals surface area contributed by atoms with Gasteiger partial charge in [-0.1, -0.05) is 148 Å². The molecule has 1 unspecified atom stereocenters. The summed E-state index contributed by atoms with van der Waals surface area (Å²) >= 11 is 3.44. The third kappa shape index (κ3) is 20.6. The zero-order valence-corrected chi connectivity index (χ0v) is 48.3. The number of rotatable bonds is 29. The summed E-state index contributed by atoms with van der Waals surface area (Å²) in [5, 5.41) is 11.7. The Morgan fingerprint density at radius 2 is 1.30 bits per heavy atom. The molecule has 4 aromatic rings. The van der Waals surface area contributed by atoms with Crippen LogP contribution in [0.2, 0.25) is 0 Å². The quantitative estimate of drug-likeness (QED) is 0.0172. The van der Waals surface area contributed by atoms with Crippen molar-refractivity contribution < 1.29 is 62.0 Å². The third-order valence-corrected chi connectivity index (χ3v) is 13.3. The normalized spacial score (nSPS) is 13.3. The summed E-state index contributed by atoms with van der Waals surface area (Å²) in [4.78, 5) is 97.0. The molecule has 0 bridgehead atoms. The number of alkyl carbamates (subject to hydrolysis) is 2. The molecule has 430 valence electrons. The van der Waals surface area contributed by atoms with E-state index in [9.17, 15) is 33.6 Å². The maximum Gasteiger partial charge on any atom is 0.514 e. The van der Waals surface area contributed by atoms with Gasteiger partial charge in [-0.2, -0.15) is 0 Å². The molecule has 0 spiro atoms. The fourth-order valence-corrected chi connectivity index (χ4v) is 9.36. The largest absolute Gasteiger partial charge is 0.514 e. The Bertz CT molecular complexity index is 2720. The molecule has 19 heteroatoms. The van der Waals surface area contributed by atoms with E-state index in [0.717, 1.165) is 32.3 Å². The topological polar surface area (TPSA) is 226 Å². The average Bonchev–Trinajstić information content (AvgIpc) is 3.81. The second-order valence-electron chi connectivity index (χ2n) is 21.2. The fraction of sp³-hybridized carbons (Fsp3) is 0.426. The predicted octanol–water partition coefficient (Wildman–Crippen LogP) is 9.72. The lowest BCUT2D eigenvalue weighted by atomic mass is 9.98. The predicted molar refractivity (Wildman–Crippen MR) is 306 cm³/mol. The van der Waals surface area contributed by atoms with Crippen molar-refractivity contribution in [3.63, 3.8) is 0 Å². The number of hydrogen-bond acceptors (Lipinski definition) is 14. The van der Waals surface area contributed by atoms with Crippen LogP contribution in [0.5, 0.6) is 5.75 Å². The molecule has 0 aliphatic heterocycles.